The summed E-state index contributed by atoms with van der Waals surface area (Å²) in [5, 5.41) is 1.21. The van der Waals surface area contributed by atoms with Crippen molar-refractivity contribution in [3.63, 3.8) is 0 Å². The number of alkyl halides is 1. The van der Waals surface area contributed by atoms with E-state index in [2.05, 4.69) is 31.9 Å². The zero-order valence-corrected chi connectivity index (χ0v) is 13.0. The minimum absolute atomic E-state index is 0.359. The summed E-state index contributed by atoms with van der Waals surface area (Å²) in [6.45, 7) is 0. The lowest BCUT2D eigenvalue weighted by Gasteiger charge is -2.10. The van der Waals surface area contributed by atoms with Gasteiger partial charge in [-0.05, 0) is 24.3 Å². The number of rotatable bonds is 3. The molecule has 1 nitrogen and oxygen atoms in total. The van der Waals surface area contributed by atoms with E-state index in [9.17, 15) is 4.39 Å². The second-order valence-corrected chi connectivity index (χ2v) is 5.51. The molecule has 0 saturated heterocycles. The van der Waals surface area contributed by atoms with E-state index in [-0.39, 0.29) is 5.82 Å². The smallest absolute Gasteiger partial charge is 0.132 e. The van der Waals surface area contributed by atoms with Gasteiger partial charge in [0.1, 0.15) is 17.3 Å². The van der Waals surface area contributed by atoms with Crippen LogP contribution in [0.15, 0.2) is 40.9 Å². The summed E-state index contributed by atoms with van der Waals surface area (Å²) in [6, 6.07) is 9.74. The van der Waals surface area contributed by atoms with E-state index >= 15 is 0 Å². The minimum Gasteiger partial charge on any atom is -0.457 e. The Labute approximate surface area is 126 Å². The third-order valence-corrected chi connectivity index (χ3v) is 3.53. The van der Waals surface area contributed by atoms with Gasteiger partial charge in [-0.15, -0.1) is 0 Å². The number of benzene rings is 2. The molecule has 18 heavy (non-hydrogen) atoms. The highest BCUT2D eigenvalue weighted by Gasteiger charge is 2.07. The van der Waals surface area contributed by atoms with E-state index in [4.69, 9.17) is 16.3 Å². The molecule has 0 aliphatic heterocycles. The molecule has 0 aromatic heterocycles. The highest BCUT2D eigenvalue weighted by Crippen LogP contribution is 2.31. The van der Waals surface area contributed by atoms with Crippen molar-refractivity contribution in [2.24, 2.45) is 0 Å². The molecular weight excluding hydrogens is 386 g/mol. The molecule has 2 rings (SSSR count). The van der Waals surface area contributed by atoms with Crippen LogP contribution < -0.4 is 4.74 Å². The molecule has 94 valence electrons. The molecule has 2 aromatic rings. The summed E-state index contributed by atoms with van der Waals surface area (Å²) in [5.74, 6) is 0.671. The first-order chi connectivity index (χ1) is 8.58. The Morgan fingerprint density at radius 1 is 1.17 bits per heavy atom. The molecular formula is C13H8Br2ClFO. The fraction of sp³-hybridized carbons (Fsp3) is 0.0769. The third kappa shape index (κ3) is 3.46. The maximum Gasteiger partial charge on any atom is 0.132 e. The molecule has 0 unspecified atom stereocenters. The molecule has 0 fully saturated rings. The average Bonchev–Trinajstić information content (AvgIpc) is 2.27. The maximum absolute atomic E-state index is 13.2. The Morgan fingerprint density at radius 2 is 1.94 bits per heavy atom. The van der Waals surface area contributed by atoms with Gasteiger partial charge in [0.05, 0.1) is 0 Å². The van der Waals surface area contributed by atoms with Crippen molar-refractivity contribution in [3.05, 3.63) is 57.3 Å². The number of hydrogen-bond donors (Lipinski definition) is 0. The second-order valence-electron chi connectivity index (χ2n) is 3.59. The third-order valence-electron chi connectivity index (χ3n) is 2.24. The van der Waals surface area contributed by atoms with Crippen molar-refractivity contribution in [1.82, 2.24) is 0 Å². The molecule has 0 radical (unpaired) electrons. The Morgan fingerprint density at radius 3 is 2.61 bits per heavy atom. The Hall–Kier alpha value is -0.580. The van der Waals surface area contributed by atoms with Crippen LogP contribution in [0.25, 0.3) is 0 Å². The fourth-order valence-corrected chi connectivity index (χ4v) is 2.52. The Kier molecular flexibility index (Phi) is 4.65. The van der Waals surface area contributed by atoms with Crippen LogP contribution in [0.4, 0.5) is 4.39 Å². The van der Waals surface area contributed by atoms with E-state index in [1.165, 1.54) is 12.1 Å². The summed E-state index contributed by atoms with van der Waals surface area (Å²) in [5.41, 5.74) is 0.944. The molecule has 0 aliphatic rings. The van der Waals surface area contributed by atoms with Crippen molar-refractivity contribution >= 4 is 43.5 Å². The lowest BCUT2D eigenvalue weighted by atomic mass is 10.2. The predicted octanol–water partition coefficient (Wildman–Crippen LogP) is 5.93. The molecule has 0 spiro atoms. The van der Waals surface area contributed by atoms with Gasteiger partial charge in [0, 0.05) is 26.5 Å². The quantitative estimate of drug-likeness (QED) is 0.587. The predicted molar refractivity (Wildman–Crippen MR) is 78.3 cm³/mol. The highest BCUT2D eigenvalue weighted by molar-refractivity contribution is 9.10. The van der Waals surface area contributed by atoms with Crippen LogP contribution in [-0.2, 0) is 5.33 Å². The summed E-state index contributed by atoms with van der Waals surface area (Å²) < 4.78 is 19.5. The first-order valence-corrected chi connectivity index (χ1v) is 7.36. The summed E-state index contributed by atoms with van der Waals surface area (Å²) >= 11 is 12.5. The largest absolute Gasteiger partial charge is 0.457 e. The van der Waals surface area contributed by atoms with Gasteiger partial charge in [-0.1, -0.05) is 49.5 Å². The van der Waals surface area contributed by atoms with Gasteiger partial charge in [0.2, 0.25) is 0 Å². The fourth-order valence-electron chi connectivity index (χ4n) is 1.45. The second kappa shape index (κ2) is 6.04. The minimum atomic E-state index is -0.359. The van der Waals surface area contributed by atoms with Gasteiger partial charge in [0.25, 0.3) is 0 Å². The molecule has 0 atom stereocenters. The van der Waals surface area contributed by atoms with E-state index in [1.807, 2.05) is 6.07 Å². The van der Waals surface area contributed by atoms with E-state index in [0.29, 0.717) is 26.3 Å². The normalized spacial score (nSPS) is 10.4. The van der Waals surface area contributed by atoms with Crippen LogP contribution in [0.2, 0.25) is 5.02 Å². The monoisotopic (exact) mass is 392 g/mol. The van der Waals surface area contributed by atoms with Crippen LogP contribution in [0.3, 0.4) is 0 Å². The van der Waals surface area contributed by atoms with Gasteiger partial charge in [-0.3, -0.25) is 0 Å². The average molecular weight is 394 g/mol. The maximum atomic E-state index is 13.2. The lowest BCUT2D eigenvalue weighted by molar-refractivity contribution is 0.472. The number of halogens is 4. The Balaban J connectivity index is 2.35. The van der Waals surface area contributed by atoms with E-state index < -0.39 is 0 Å². The number of ether oxygens (including phenoxy) is 1. The van der Waals surface area contributed by atoms with Crippen molar-refractivity contribution in [1.29, 1.82) is 0 Å². The highest BCUT2D eigenvalue weighted by atomic mass is 79.9. The van der Waals surface area contributed by atoms with Crippen LogP contribution >= 0.6 is 43.5 Å². The van der Waals surface area contributed by atoms with Crippen molar-refractivity contribution in [3.8, 4) is 11.5 Å². The molecule has 0 N–H and O–H groups in total. The van der Waals surface area contributed by atoms with Gasteiger partial charge < -0.3 is 4.74 Å². The van der Waals surface area contributed by atoms with Gasteiger partial charge in [-0.25, -0.2) is 4.39 Å². The van der Waals surface area contributed by atoms with Crippen LogP contribution in [0.5, 0.6) is 11.5 Å². The lowest BCUT2D eigenvalue weighted by Crippen LogP contribution is -1.90. The van der Waals surface area contributed by atoms with Crippen LogP contribution in [-0.4, -0.2) is 0 Å². The first kappa shape index (κ1) is 13.8. The zero-order valence-electron chi connectivity index (χ0n) is 9.09. The molecule has 0 saturated carbocycles. The van der Waals surface area contributed by atoms with E-state index in [1.54, 1.807) is 18.2 Å². The van der Waals surface area contributed by atoms with Crippen molar-refractivity contribution in [2.45, 2.75) is 5.33 Å². The summed E-state index contributed by atoms with van der Waals surface area (Å²) in [6.07, 6.45) is 0. The Bertz CT molecular complexity index is 555. The van der Waals surface area contributed by atoms with Crippen molar-refractivity contribution < 1.29 is 9.13 Å². The SMILES string of the molecule is Fc1cc(Br)cc(Oc2cc(Cl)ccc2CBr)c1. The first-order valence-electron chi connectivity index (χ1n) is 5.07. The zero-order chi connectivity index (χ0) is 13.1. The van der Waals surface area contributed by atoms with E-state index in [0.717, 1.165) is 5.56 Å². The van der Waals surface area contributed by atoms with Gasteiger partial charge in [-0.2, -0.15) is 0 Å². The molecule has 0 amide bonds. The molecule has 2 aromatic carbocycles. The summed E-state index contributed by atoms with van der Waals surface area (Å²) in [7, 11) is 0. The molecule has 0 aliphatic carbocycles. The van der Waals surface area contributed by atoms with Gasteiger partial charge in [0.15, 0.2) is 0 Å². The summed E-state index contributed by atoms with van der Waals surface area (Å²) in [4.78, 5) is 0. The van der Waals surface area contributed by atoms with Crippen molar-refractivity contribution in [2.75, 3.05) is 0 Å². The topological polar surface area (TPSA) is 9.23 Å². The van der Waals surface area contributed by atoms with Crippen LogP contribution in [0.1, 0.15) is 5.56 Å². The van der Waals surface area contributed by atoms with Gasteiger partial charge >= 0.3 is 0 Å². The van der Waals surface area contributed by atoms with Crippen LogP contribution in [0, 0.1) is 5.82 Å². The molecule has 0 bridgehead atoms. The molecule has 5 heteroatoms. The number of hydrogen-bond acceptors (Lipinski definition) is 1. The molecule has 0 heterocycles. The standard InChI is InChI=1S/C13H8Br2ClFO/c14-7-8-1-2-10(16)5-13(8)18-12-4-9(15)3-11(17)6-12/h1-6H,7H2.